The van der Waals surface area contributed by atoms with E-state index in [4.69, 9.17) is 15.2 Å². The lowest BCUT2D eigenvalue weighted by Crippen LogP contribution is -2.23. The van der Waals surface area contributed by atoms with Gasteiger partial charge in [-0.25, -0.2) is 15.0 Å². The van der Waals surface area contributed by atoms with Crippen LogP contribution in [0.4, 0.5) is 11.5 Å². The lowest BCUT2D eigenvalue weighted by atomic mass is 10.1. The quantitative estimate of drug-likeness (QED) is 0.507. The Morgan fingerprint density at radius 3 is 2.96 bits per heavy atom. The Kier molecular flexibility index (Phi) is 4.88. The fraction of sp³-hybridized carbons (Fsp3) is 0.389. The van der Waals surface area contributed by atoms with E-state index in [0.717, 1.165) is 6.42 Å². The second-order valence-electron chi connectivity index (χ2n) is 6.59. The molecule has 1 aliphatic rings. The molecule has 10 heteroatoms. The van der Waals surface area contributed by atoms with Gasteiger partial charge in [0.05, 0.1) is 35.6 Å². The highest BCUT2D eigenvalue weighted by Crippen LogP contribution is 2.35. The summed E-state index contributed by atoms with van der Waals surface area (Å²) in [5.41, 5.74) is 7.58. The molecule has 3 heterocycles. The first-order valence-electron chi connectivity index (χ1n) is 9.00. The van der Waals surface area contributed by atoms with Crippen molar-refractivity contribution in [3.63, 3.8) is 0 Å². The highest BCUT2D eigenvalue weighted by molar-refractivity contribution is 5.81. The zero-order chi connectivity index (χ0) is 19.7. The van der Waals surface area contributed by atoms with Gasteiger partial charge in [-0.2, -0.15) is 0 Å². The second kappa shape index (κ2) is 7.49. The number of benzene rings is 1. The average molecular weight is 384 g/mol. The van der Waals surface area contributed by atoms with Crippen molar-refractivity contribution in [3.8, 4) is 0 Å². The number of hydrogen-bond acceptors (Lipinski definition) is 8. The van der Waals surface area contributed by atoms with Crippen molar-refractivity contribution in [1.29, 1.82) is 0 Å². The van der Waals surface area contributed by atoms with Crippen molar-refractivity contribution in [1.82, 2.24) is 19.5 Å². The van der Waals surface area contributed by atoms with Crippen LogP contribution in [0.25, 0.3) is 11.2 Å². The Balaban J connectivity index is 1.52. The molecule has 0 radical (unpaired) electrons. The number of imidazole rings is 1. The summed E-state index contributed by atoms with van der Waals surface area (Å²) in [4.78, 5) is 23.3. The minimum absolute atomic E-state index is 0.0544. The molecule has 4 rings (SSSR count). The molecule has 0 spiro atoms. The monoisotopic (exact) mass is 384 g/mol. The molecule has 2 N–H and O–H groups in total. The number of rotatable bonds is 6. The number of nitrogens with zero attached hydrogens (tertiary/aromatic N) is 5. The zero-order valence-corrected chi connectivity index (χ0v) is 15.3. The van der Waals surface area contributed by atoms with Crippen molar-refractivity contribution in [2.45, 2.75) is 44.8 Å². The molecule has 3 atom stereocenters. The van der Waals surface area contributed by atoms with Crippen LogP contribution in [0.1, 0.15) is 31.6 Å². The van der Waals surface area contributed by atoms with Gasteiger partial charge in [0.25, 0.3) is 5.69 Å². The van der Waals surface area contributed by atoms with Crippen molar-refractivity contribution in [3.05, 3.63) is 52.6 Å². The topological polar surface area (TPSA) is 131 Å². The molecular weight excluding hydrogens is 364 g/mol. The number of hydrogen-bond donors (Lipinski definition) is 1. The van der Waals surface area contributed by atoms with E-state index in [1.54, 1.807) is 24.5 Å². The molecule has 0 unspecified atom stereocenters. The largest absolute Gasteiger partial charge is 0.382 e. The zero-order valence-electron chi connectivity index (χ0n) is 15.3. The maximum atomic E-state index is 11.2. The Hall–Kier alpha value is -3.11. The molecule has 1 saturated heterocycles. The highest BCUT2D eigenvalue weighted by atomic mass is 16.6. The fourth-order valence-electron chi connectivity index (χ4n) is 3.50. The number of fused-ring (bicyclic) bond motifs is 1. The standard InChI is InChI=1S/C18H20N6O4/c1-2-13-14(27-8-11-5-3-4-6-12(11)24(25)26)7-15(28-13)23-10-22-16-17(19)20-9-21-18(16)23/h3-6,9-10,13-15H,2,7-8H2,1H3,(H2,19,20,21)/t13-,14-,15-/m1/s1. The van der Waals surface area contributed by atoms with Gasteiger partial charge in [-0.15, -0.1) is 0 Å². The summed E-state index contributed by atoms with van der Waals surface area (Å²) >= 11 is 0. The second-order valence-corrected chi connectivity index (χ2v) is 6.59. The molecule has 2 aromatic heterocycles. The summed E-state index contributed by atoms with van der Waals surface area (Å²) < 4.78 is 14.0. The summed E-state index contributed by atoms with van der Waals surface area (Å²) in [5, 5.41) is 11.2. The van der Waals surface area contributed by atoms with Crippen LogP contribution >= 0.6 is 0 Å². The number of nitrogen functional groups attached to an aromatic ring is 1. The number of nitro groups is 1. The number of aromatic nitrogens is 4. The molecule has 3 aromatic rings. The Bertz CT molecular complexity index is 1010. The maximum absolute atomic E-state index is 11.2. The number of anilines is 1. The summed E-state index contributed by atoms with van der Waals surface area (Å²) in [5.74, 6) is 0.318. The first kappa shape index (κ1) is 18.3. The first-order valence-corrected chi connectivity index (χ1v) is 9.00. The molecule has 146 valence electrons. The predicted octanol–water partition coefficient (Wildman–Crippen LogP) is 2.60. The highest BCUT2D eigenvalue weighted by Gasteiger charge is 2.37. The Morgan fingerprint density at radius 2 is 2.18 bits per heavy atom. The number of para-hydroxylation sites is 1. The molecule has 1 aromatic carbocycles. The van der Waals surface area contributed by atoms with E-state index in [1.165, 1.54) is 12.4 Å². The van der Waals surface area contributed by atoms with E-state index in [-0.39, 0.29) is 30.7 Å². The van der Waals surface area contributed by atoms with E-state index < -0.39 is 4.92 Å². The molecule has 10 nitrogen and oxygen atoms in total. The van der Waals surface area contributed by atoms with Crippen LogP contribution < -0.4 is 5.73 Å². The van der Waals surface area contributed by atoms with Gasteiger partial charge >= 0.3 is 0 Å². The molecule has 0 bridgehead atoms. The maximum Gasteiger partial charge on any atom is 0.274 e. The third-order valence-corrected chi connectivity index (χ3v) is 4.92. The average Bonchev–Trinajstić information content (AvgIpc) is 3.31. The van der Waals surface area contributed by atoms with Gasteiger partial charge in [0.2, 0.25) is 0 Å². The first-order chi connectivity index (χ1) is 13.6. The third kappa shape index (κ3) is 3.27. The normalized spacial score (nSPS) is 22.0. The minimum Gasteiger partial charge on any atom is -0.382 e. The van der Waals surface area contributed by atoms with Crippen LogP contribution in [-0.2, 0) is 16.1 Å². The van der Waals surface area contributed by atoms with Gasteiger partial charge in [-0.1, -0.05) is 19.1 Å². The Morgan fingerprint density at radius 1 is 1.36 bits per heavy atom. The van der Waals surface area contributed by atoms with Crippen molar-refractivity contribution in [2.24, 2.45) is 0 Å². The third-order valence-electron chi connectivity index (χ3n) is 4.92. The van der Waals surface area contributed by atoms with Gasteiger partial charge in [0.1, 0.15) is 18.1 Å². The van der Waals surface area contributed by atoms with Crippen LogP contribution in [0, 0.1) is 10.1 Å². The van der Waals surface area contributed by atoms with E-state index in [2.05, 4.69) is 15.0 Å². The van der Waals surface area contributed by atoms with Gasteiger partial charge in [-0.3, -0.25) is 14.7 Å². The molecule has 0 saturated carbocycles. The van der Waals surface area contributed by atoms with Crippen molar-refractivity contribution in [2.75, 3.05) is 5.73 Å². The van der Waals surface area contributed by atoms with Crippen LogP contribution in [0.5, 0.6) is 0 Å². The SMILES string of the molecule is CC[C@H]1O[C@@H](n2cnc3c(N)ncnc32)C[C@H]1OCc1ccccc1[N+](=O)[O-]. The van der Waals surface area contributed by atoms with E-state index >= 15 is 0 Å². The van der Waals surface area contributed by atoms with Gasteiger partial charge in [0.15, 0.2) is 11.5 Å². The van der Waals surface area contributed by atoms with Crippen LogP contribution in [0.2, 0.25) is 0 Å². The van der Waals surface area contributed by atoms with E-state index in [9.17, 15) is 10.1 Å². The summed E-state index contributed by atoms with van der Waals surface area (Å²) in [7, 11) is 0. The van der Waals surface area contributed by atoms with Crippen molar-refractivity contribution >= 4 is 22.7 Å². The minimum atomic E-state index is -0.397. The molecule has 1 aliphatic heterocycles. The number of ether oxygens (including phenoxy) is 2. The summed E-state index contributed by atoms with van der Waals surface area (Å²) in [6, 6.07) is 6.59. The van der Waals surface area contributed by atoms with Crippen LogP contribution in [0.15, 0.2) is 36.9 Å². The smallest absolute Gasteiger partial charge is 0.274 e. The molecular formula is C18H20N6O4. The van der Waals surface area contributed by atoms with Crippen LogP contribution in [-0.4, -0.2) is 36.7 Å². The number of nitrogens with two attached hydrogens (primary N) is 1. The van der Waals surface area contributed by atoms with Gasteiger partial charge < -0.3 is 15.2 Å². The van der Waals surface area contributed by atoms with Gasteiger partial charge in [0, 0.05) is 12.5 Å². The summed E-state index contributed by atoms with van der Waals surface area (Å²) in [6.45, 7) is 2.16. The fourth-order valence-corrected chi connectivity index (χ4v) is 3.50. The van der Waals surface area contributed by atoms with Crippen LogP contribution in [0.3, 0.4) is 0 Å². The lowest BCUT2D eigenvalue weighted by Gasteiger charge is -2.17. The van der Waals surface area contributed by atoms with E-state index in [1.807, 2.05) is 11.5 Å². The summed E-state index contributed by atoms with van der Waals surface area (Å²) in [6.07, 6.45) is 3.72. The molecule has 1 fully saturated rings. The van der Waals surface area contributed by atoms with Gasteiger partial charge in [-0.05, 0) is 12.5 Å². The molecule has 0 amide bonds. The molecule has 28 heavy (non-hydrogen) atoms. The predicted molar refractivity (Wildman–Crippen MR) is 100 cm³/mol. The lowest BCUT2D eigenvalue weighted by molar-refractivity contribution is -0.386. The molecule has 0 aliphatic carbocycles. The number of nitro benzene ring substituents is 1. The van der Waals surface area contributed by atoms with Crippen molar-refractivity contribution < 1.29 is 14.4 Å². The Labute approximate surface area is 160 Å². The van der Waals surface area contributed by atoms with E-state index in [0.29, 0.717) is 29.0 Å².